The molecule has 0 radical (unpaired) electrons. The molecule has 1 aliphatic heterocycles. The third-order valence-electron chi connectivity index (χ3n) is 5.37. The first-order valence-electron chi connectivity index (χ1n) is 9.16. The van der Waals surface area contributed by atoms with Crippen LogP contribution in [0, 0.1) is 5.92 Å². The maximum Gasteiger partial charge on any atom is 0.287 e. The van der Waals surface area contributed by atoms with Gasteiger partial charge in [0.15, 0.2) is 15.6 Å². The molecule has 1 saturated heterocycles. The first kappa shape index (κ1) is 18.2. The van der Waals surface area contributed by atoms with Crippen LogP contribution in [0.25, 0.3) is 0 Å². The van der Waals surface area contributed by atoms with E-state index in [1.807, 2.05) is 0 Å². The summed E-state index contributed by atoms with van der Waals surface area (Å²) in [4.78, 5) is 12.9. The van der Waals surface area contributed by atoms with Crippen molar-refractivity contribution in [2.75, 3.05) is 6.54 Å². The minimum Gasteiger partial charge on any atom is -0.459 e. The Bertz CT molecular complexity index is 910. The lowest BCUT2D eigenvalue weighted by molar-refractivity contribution is 0.0889. The number of fused-ring (bicyclic) bond motifs is 1. The second kappa shape index (κ2) is 7.46. The molecule has 7 nitrogen and oxygen atoms in total. The fourth-order valence-corrected chi connectivity index (χ4v) is 5.32. The summed E-state index contributed by atoms with van der Waals surface area (Å²) in [5.74, 6) is -0.0297. The minimum absolute atomic E-state index is 0.0733. The summed E-state index contributed by atoms with van der Waals surface area (Å²) in [5.41, 5.74) is 6.81. The van der Waals surface area contributed by atoms with Crippen LogP contribution in [0.4, 0.5) is 0 Å². The van der Waals surface area contributed by atoms with E-state index < -0.39 is 9.84 Å². The van der Waals surface area contributed by atoms with Crippen LogP contribution in [-0.2, 0) is 15.6 Å². The Morgan fingerprint density at radius 2 is 2.00 bits per heavy atom. The summed E-state index contributed by atoms with van der Waals surface area (Å²) in [6, 6.07) is 10.3. The Kier molecular flexibility index (Phi) is 5.03. The summed E-state index contributed by atoms with van der Waals surface area (Å²) in [6.07, 6.45) is 4.15. The van der Waals surface area contributed by atoms with Gasteiger partial charge in [-0.25, -0.2) is 8.42 Å². The summed E-state index contributed by atoms with van der Waals surface area (Å²) in [7, 11) is -3.54. The number of benzene rings is 1. The van der Waals surface area contributed by atoms with E-state index in [2.05, 4.69) is 16.2 Å². The summed E-state index contributed by atoms with van der Waals surface area (Å²) in [6.45, 7) is 0.901. The summed E-state index contributed by atoms with van der Waals surface area (Å²) in [5, 5.41) is 3.02. The Balaban J connectivity index is 1.44. The third-order valence-corrected chi connectivity index (χ3v) is 7.05. The van der Waals surface area contributed by atoms with Crippen LogP contribution in [-0.4, -0.2) is 33.0 Å². The van der Waals surface area contributed by atoms with Gasteiger partial charge in [0.2, 0.25) is 0 Å². The first-order chi connectivity index (χ1) is 13.0. The van der Waals surface area contributed by atoms with Crippen molar-refractivity contribution in [3.8, 4) is 0 Å². The molecule has 1 aliphatic carbocycles. The van der Waals surface area contributed by atoms with Crippen molar-refractivity contribution in [3.05, 3.63) is 54.0 Å². The average molecular weight is 389 g/mol. The van der Waals surface area contributed by atoms with E-state index in [9.17, 15) is 13.2 Å². The molecule has 27 heavy (non-hydrogen) atoms. The number of hydrazine groups is 1. The molecule has 144 valence electrons. The maximum atomic E-state index is 12.7. The van der Waals surface area contributed by atoms with Crippen LogP contribution in [0.1, 0.15) is 35.4 Å². The maximum absolute atomic E-state index is 12.7. The molecule has 0 bridgehead atoms. The molecule has 1 aromatic carbocycles. The van der Waals surface area contributed by atoms with Crippen LogP contribution >= 0.6 is 0 Å². The molecule has 1 saturated carbocycles. The van der Waals surface area contributed by atoms with Crippen molar-refractivity contribution in [3.63, 3.8) is 0 Å². The standard InChI is InChI=1S/C19H23N3O4S/c23-19(21-15-6-7-17-14(10-15)11-20-22-17)18-13(8-9-26-18)12-27(24,25)16-4-2-1-3-5-16/h1-5,8-9,14-15,17,20,22H,6-7,10-12H2,(H,21,23). The monoisotopic (exact) mass is 389 g/mol. The zero-order valence-corrected chi connectivity index (χ0v) is 15.7. The van der Waals surface area contributed by atoms with Gasteiger partial charge >= 0.3 is 0 Å². The third kappa shape index (κ3) is 3.92. The normalized spacial score (nSPS) is 25.1. The molecular formula is C19H23N3O4S. The highest BCUT2D eigenvalue weighted by atomic mass is 32.2. The van der Waals surface area contributed by atoms with Crippen molar-refractivity contribution < 1.29 is 17.6 Å². The number of furan rings is 1. The zero-order valence-electron chi connectivity index (χ0n) is 14.9. The van der Waals surface area contributed by atoms with Gasteiger partial charge in [-0.3, -0.25) is 15.6 Å². The lowest BCUT2D eigenvalue weighted by atomic mass is 9.83. The van der Waals surface area contributed by atoms with Crippen molar-refractivity contribution >= 4 is 15.7 Å². The molecule has 2 aliphatic rings. The van der Waals surface area contributed by atoms with E-state index in [4.69, 9.17) is 4.42 Å². The number of carbonyl (C=O) groups is 1. The van der Waals surface area contributed by atoms with Gasteiger partial charge in [0, 0.05) is 24.2 Å². The smallest absolute Gasteiger partial charge is 0.287 e. The molecule has 2 heterocycles. The molecule has 3 unspecified atom stereocenters. The Labute approximate surface area is 158 Å². The summed E-state index contributed by atoms with van der Waals surface area (Å²) >= 11 is 0. The highest BCUT2D eigenvalue weighted by molar-refractivity contribution is 7.90. The molecule has 1 amide bonds. The van der Waals surface area contributed by atoms with Gasteiger partial charge in [-0.15, -0.1) is 0 Å². The molecule has 8 heteroatoms. The second-order valence-electron chi connectivity index (χ2n) is 7.22. The average Bonchev–Trinajstić information content (AvgIpc) is 3.31. The zero-order chi connectivity index (χ0) is 18.9. The van der Waals surface area contributed by atoms with E-state index in [1.165, 1.54) is 6.26 Å². The van der Waals surface area contributed by atoms with Crippen molar-refractivity contribution in [1.82, 2.24) is 16.2 Å². The van der Waals surface area contributed by atoms with Crippen LogP contribution in [0.15, 0.2) is 52.0 Å². The quantitative estimate of drug-likeness (QED) is 0.719. The van der Waals surface area contributed by atoms with Gasteiger partial charge in [0.05, 0.1) is 16.9 Å². The minimum atomic E-state index is -3.54. The lowest BCUT2D eigenvalue weighted by Gasteiger charge is -2.31. The van der Waals surface area contributed by atoms with Crippen LogP contribution in [0.5, 0.6) is 0 Å². The molecule has 1 aromatic heterocycles. The van der Waals surface area contributed by atoms with Crippen LogP contribution in [0.2, 0.25) is 0 Å². The van der Waals surface area contributed by atoms with E-state index in [0.717, 1.165) is 25.8 Å². The predicted octanol–water partition coefficient (Wildman–Crippen LogP) is 1.63. The topological polar surface area (TPSA) is 100 Å². The number of nitrogens with one attached hydrogen (secondary N) is 3. The van der Waals surface area contributed by atoms with Gasteiger partial charge < -0.3 is 9.73 Å². The van der Waals surface area contributed by atoms with E-state index in [-0.39, 0.29) is 28.4 Å². The highest BCUT2D eigenvalue weighted by Crippen LogP contribution is 2.27. The Morgan fingerprint density at radius 1 is 1.19 bits per heavy atom. The molecule has 3 N–H and O–H groups in total. The highest BCUT2D eigenvalue weighted by Gasteiger charge is 2.35. The Morgan fingerprint density at radius 3 is 2.81 bits per heavy atom. The molecule has 4 rings (SSSR count). The molecule has 2 fully saturated rings. The number of amides is 1. The number of hydrogen-bond acceptors (Lipinski definition) is 6. The lowest BCUT2D eigenvalue weighted by Crippen LogP contribution is -2.44. The van der Waals surface area contributed by atoms with Gasteiger partial charge in [-0.2, -0.15) is 0 Å². The SMILES string of the molecule is O=C(NC1CCC2NNCC2C1)c1occc1CS(=O)(=O)c1ccccc1. The largest absolute Gasteiger partial charge is 0.459 e. The second-order valence-corrected chi connectivity index (χ2v) is 9.21. The number of carbonyl (C=O) groups excluding carboxylic acids is 1. The number of rotatable bonds is 5. The molecule has 2 aromatic rings. The van der Waals surface area contributed by atoms with Crippen molar-refractivity contribution in [2.45, 2.75) is 42.0 Å². The van der Waals surface area contributed by atoms with Gasteiger partial charge in [-0.1, -0.05) is 18.2 Å². The van der Waals surface area contributed by atoms with Gasteiger partial charge in [-0.05, 0) is 43.4 Å². The first-order valence-corrected chi connectivity index (χ1v) is 10.8. The van der Waals surface area contributed by atoms with Crippen LogP contribution < -0.4 is 16.2 Å². The van der Waals surface area contributed by atoms with Crippen LogP contribution in [0.3, 0.4) is 0 Å². The van der Waals surface area contributed by atoms with Crippen molar-refractivity contribution in [2.24, 2.45) is 5.92 Å². The molecule has 0 spiro atoms. The van der Waals surface area contributed by atoms with Crippen molar-refractivity contribution in [1.29, 1.82) is 0 Å². The molecular weight excluding hydrogens is 366 g/mol. The van der Waals surface area contributed by atoms with E-state index >= 15 is 0 Å². The predicted molar refractivity (Wildman–Crippen MR) is 99.6 cm³/mol. The van der Waals surface area contributed by atoms with E-state index in [1.54, 1.807) is 36.4 Å². The fraction of sp³-hybridized carbons (Fsp3) is 0.421. The van der Waals surface area contributed by atoms with Gasteiger partial charge in [0.1, 0.15) is 0 Å². The number of hydrogen-bond donors (Lipinski definition) is 3. The van der Waals surface area contributed by atoms with Gasteiger partial charge in [0.25, 0.3) is 5.91 Å². The molecule has 3 atom stereocenters. The number of sulfone groups is 1. The summed E-state index contributed by atoms with van der Waals surface area (Å²) < 4.78 is 30.5. The Hall–Kier alpha value is -2.16. The fourth-order valence-electron chi connectivity index (χ4n) is 3.95. The van der Waals surface area contributed by atoms with E-state index in [0.29, 0.717) is 17.5 Å².